The molecule has 1 spiro atoms. The van der Waals surface area contributed by atoms with E-state index in [-0.39, 0.29) is 11.7 Å². The highest BCUT2D eigenvalue weighted by Crippen LogP contribution is 2.39. The van der Waals surface area contributed by atoms with Gasteiger partial charge in [-0.05, 0) is 43.5 Å². The van der Waals surface area contributed by atoms with Crippen molar-refractivity contribution in [3.05, 3.63) is 23.8 Å². The van der Waals surface area contributed by atoms with E-state index < -0.39 is 0 Å². The lowest BCUT2D eigenvalue weighted by Gasteiger charge is -2.43. The Hall–Kier alpha value is -1.22. The molecule has 1 aromatic rings. The molecule has 1 heterocycles. The number of nitrogens with two attached hydrogens (primary N) is 1. The molecule has 1 unspecified atom stereocenters. The van der Waals surface area contributed by atoms with Gasteiger partial charge in [0.15, 0.2) is 0 Å². The van der Waals surface area contributed by atoms with Crippen LogP contribution in [0, 0.1) is 6.92 Å². The van der Waals surface area contributed by atoms with E-state index in [1.165, 1.54) is 32.1 Å². The van der Waals surface area contributed by atoms with E-state index in [1.807, 2.05) is 18.2 Å². The molecule has 2 N–H and O–H groups in total. The molecule has 1 atom stereocenters. The van der Waals surface area contributed by atoms with Crippen LogP contribution in [0.3, 0.4) is 0 Å². The molecule has 0 amide bonds. The Morgan fingerprint density at radius 3 is 2.80 bits per heavy atom. The summed E-state index contributed by atoms with van der Waals surface area (Å²) < 4.78 is 12.4. The fourth-order valence-electron chi connectivity index (χ4n) is 3.61. The zero-order valence-electron chi connectivity index (χ0n) is 12.4. The van der Waals surface area contributed by atoms with Crippen molar-refractivity contribution in [3.63, 3.8) is 0 Å². The summed E-state index contributed by atoms with van der Waals surface area (Å²) in [7, 11) is 0. The minimum Gasteiger partial charge on any atom is -0.490 e. The van der Waals surface area contributed by atoms with Crippen molar-refractivity contribution >= 4 is 5.69 Å². The van der Waals surface area contributed by atoms with Gasteiger partial charge in [0.25, 0.3) is 0 Å². The Kier molecular flexibility index (Phi) is 3.88. The molecule has 3 heteroatoms. The lowest BCUT2D eigenvalue weighted by molar-refractivity contribution is -0.129. The molecule has 20 heavy (non-hydrogen) atoms. The van der Waals surface area contributed by atoms with Crippen LogP contribution >= 0.6 is 0 Å². The number of hydrogen-bond acceptors (Lipinski definition) is 3. The van der Waals surface area contributed by atoms with Crippen molar-refractivity contribution in [3.8, 4) is 5.75 Å². The van der Waals surface area contributed by atoms with Gasteiger partial charge in [-0.1, -0.05) is 19.3 Å². The molecular formula is C17H25NO2. The number of anilines is 1. The second kappa shape index (κ2) is 5.65. The second-order valence-electron chi connectivity index (χ2n) is 6.35. The van der Waals surface area contributed by atoms with E-state index in [2.05, 4.69) is 6.92 Å². The van der Waals surface area contributed by atoms with Crippen molar-refractivity contribution in [1.82, 2.24) is 0 Å². The fraction of sp³-hybridized carbons (Fsp3) is 0.647. The van der Waals surface area contributed by atoms with E-state index in [1.54, 1.807) is 0 Å². The van der Waals surface area contributed by atoms with Crippen LogP contribution < -0.4 is 10.5 Å². The molecule has 3 nitrogen and oxygen atoms in total. The SMILES string of the molecule is Cc1cc(N)ccc1OC1CCOC2(CCCCC2)C1. The number of benzene rings is 1. The number of nitrogen functional groups attached to an aromatic ring is 1. The van der Waals surface area contributed by atoms with Crippen molar-refractivity contribution in [2.24, 2.45) is 0 Å². The molecular weight excluding hydrogens is 250 g/mol. The zero-order valence-corrected chi connectivity index (χ0v) is 12.4. The van der Waals surface area contributed by atoms with Crippen LogP contribution in [0.4, 0.5) is 5.69 Å². The Bertz CT molecular complexity index is 461. The van der Waals surface area contributed by atoms with Crippen LogP contribution in [0.1, 0.15) is 50.5 Å². The fourth-order valence-corrected chi connectivity index (χ4v) is 3.61. The Morgan fingerprint density at radius 1 is 1.25 bits per heavy atom. The lowest BCUT2D eigenvalue weighted by atomic mass is 9.79. The molecule has 1 saturated carbocycles. The first kappa shape index (κ1) is 13.7. The highest BCUT2D eigenvalue weighted by Gasteiger charge is 2.39. The summed E-state index contributed by atoms with van der Waals surface area (Å²) >= 11 is 0. The van der Waals surface area contributed by atoms with Gasteiger partial charge >= 0.3 is 0 Å². The first-order chi connectivity index (χ1) is 9.67. The monoisotopic (exact) mass is 275 g/mol. The van der Waals surface area contributed by atoms with Crippen molar-refractivity contribution < 1.29 is 9.47 Å². The van der Waals surface area contributed by atoms with Gasteiger partial charge in [0.2, 0.25) is 0 Å². The molecule has 0 aromatic heterocycles. The Labute approximate surface area is 121 Å². The topological polar surface area (TPSA) is 44.5 Å². The second-order valence-corrected chi connectivity index (χ2v) is 6.35. The van der Waals surface area contributed by atoms with Gasteiger partial charge in [-0.3, -0.25) is 0 Å². The van der Waals surface area contributed by atoms with Crippen LogP contribution in [-0.2, 0) is 4.74 Å². The quantitative estimate of drug-likeness (QED) is 0.834. The molecule has 0 radical (unpaired) electrons. The standard InChI is InChI=1S/C17H25NO2/c1-13-11-14(18)5-6-16(13)20-15-7-10-19-17(12-15)8-3-2-4-9-17/h5-6,11,15H,2-4,7-10,12,18H2,1H3. The maximum atomic E-state index is 6.23. The third kappa shape index (κ3) is 2.93. The van der Waals surface area contributed by atoms with Gasteiger partial charge in [0, 0.05) is 18.5 Å². The van der Waals surface area contributed by atoms with Crippen LogP contribution in [0.15, 0.2) is 18.2 Å². The van der Waals surface area contributed by atoms with E-state index in [0.29, 0.717) is 0 Å². The summed E-state index contributed by atoms with van der Waals surface area (Å²) in [6.45, 7) is 2.89. The van der Waals surface area contributed by atoms with Crippen LogP contribution in [-0.4, -0.2) is 18.3 Å². The highest BCUT2D eigenvalue weighted by molar-refractivity contribution is 5.47. The maximum Gasteiger partial charge on any atom is 0.122 e. The minimum atomic E-state index is 0.100. The highest BCUT2D eigenvalue weighted by atomic mass is 16.5. The number of aryl methyl sites for hydroxylation is 1. The molecule has 1 aliphatic heterocycles. The predicted molar refractivity (Wildman–Crippen MR) is 81.0 cm³/mol. The Balaban J connectivity index is 1.68. The van der Waals surface area contributed by atoms with Crippen molar-refractivity contribution in [2.75, 3.05) is 12.3 Å². The van der Waals surface area contributed by atoms with Crippen molar-refractivity contribution in [1.29, 1.82) is 0 Å². The average Bonchev–Trinajstić information content (AvgIpc) is 2.43. The molecule has 3 rings (SSSR count). The molecule has 2 aliphatic rings. The van der Waals surface area contributed by atoms with E-state index in [9.17, 15) is 0 Å². The summed E-state index contributed by atoms with van der Waals surface area (Å²) in [5.41, 5.74) is 7.81. The summed E-state index contributed by atoms with van der Waals surface area (Å²) in [6, 6.07) is 5.89. The summed E-state index contributed by atoms with van der Waals surface area (Å²) in [5, 5.41) is 0. The normalized spacial score (nSPS) is 25.6. The largest absolute Gasteiger partial charge is 0.490 e. The predicted octanol–water partition coefficient (Wildman–Crippen LogP) is 3.84. The number of hydrogen-bond donors (Lipinski definition) is 1. The minimum absolute atomic E-state index is 0.100. The number of ether oxygens (including phenoxy) is 2. The molecule has 1 aromatic carbocycles. The van der Waals surface area contributed by atoms with E-state index >= 15 is 0 Å². The molecule has 110 valence electrons. The lowest BCUT2D eigenvalue weighted by Crippen LogP contribution is -2.45. The van der Waals surface area contributed by atoms with E-state index in [0.717, 1.165) is 36.4 Å². The first-order valence-electron chi connectivity index (χ1n) is 7.84. The smallest absolute Gasteiger partial charge is 0.122 e. The van der Waals surface area contributed by atoms with Gasteiger partial charge in [-0.2, -0.15) is 0 Å². The Morgan fingerprint density at radius 2 is 2.05 bits per heavy atom. The third-order valence-corrected chi connectivity index (χ3v) is 4.71. The molecule has 1 saturated heterocycles. The van der Waals surface area contributed by atoms with Gasteiger partial charge in [0.05, 0.1) is 12.2 Å². The zero-order chi connectivity index (χ0) is 14.0. The summed E-state index contributed by atoms with van der Waals surface area (Å²) in [6.07, 6.45) is 8.67. The van der Waals surface area contributed by atoms with E-state index in [4.69, 9.17) is 15.2 Å². The van der Waals surface area contributed by atoms with Crippen LogP contribution in [0.2, 0.25) is 0 Å². The molecule has 1 aliphatic carbocycles. The van der Waals surface area contributed by atoms with Gasteiger partial charge in [-0.15, -0.1) is 0 Å². The maximum absolute atomic E-state index is 6.23. The third-order valence-electron chi connectivity index (χ3n) is 4.71. The summed E-state index contributed by atoms with van der Waals surface area (Å²) in [5.74, 6) is 0.969. The molecule has 0 bridgehead atoms. The summed E-state index contributed by atoms with van der Waals surface area (Å²) in [4.78, 5) is 0. The number of rotatable bonds is 2. The first-order valence-corrected chi connectivity index (χ1v) is 7.84. The molecule has 2 fully saturated rings. The van der Waals surface area contributed by atoms with Gasteiger partial charge in [-0.25, -0.2) is 0 Å². The van der Waals surface area contributed by atoms with Gasteiger partial charge in [0.1, 0.15) is 11.9 Å². The average molecular weight is 275 g/mol. The van der Waals surface area contributed by atoms with Crippen molar-refractivity contribution in [2.45, 2.75) is 63.6 Å². The van der Waals surface area contributed by atoms with Crippen LogP contribution in [0.25, 0.3) is 0 Å². The van der Waals surface area contributed by atoms with Crippen LogP contribution in [0.5, 0.6) is 5.75 Å². The van der Waals surface area contributed by atoms with Gasteiger partial charge < -0.3 is 15.2 Å².